The van der Waals surface area contributed by atoms with Crippen molar-refractivity contribution in [2.45, 2.75) is 32.6 Å². The first-order valence-corrected chi connectivity index (χ1v) is 6.36. The van der Waals surface area contributed by atoms with E-state index in [4.69, 9.17) is 16.3 Å². The van der Waals surface area contributed by atoms with E-state index in [1.54, 1.807) is 0 Å². The number of hydrogen-bond acceptors (Lipinski definition) is 3. The van der Waals surface area contributed by atoms with Crippen LogP contribution in [-0.4, -0.2) is 12.6 Å². The van der Waals surface area contributed by atoms with Crippen LogP contribution in [0.25, 0.3) is 0 Å². The average molecular weight is 247 g/mol. The molecule has 0 bridgehead atoms. The molecule has 1 atom stereocenters. The van der Waals surface area contributed by atoms with Crippen molar-refractivity contribution in [1.29, 1.82) is 0 Å². The first kappa shape index (κ1) is 12.5. The van der Waals surface area contributed by atoms with Gasteiger partial charge in [0.25, 0.3) is 0 Å². The largest absolute Gasteiger partial charge is 0.465 e. The molecular formula is C11H15ClO2S. The van der Waals surface area contributed by atoms with E-state index in [9.17, 15) is 4.79 Å². The molecule has 4 heteroatoms. The predicted molar refractivity (Wildman–Crippen MR) is 63.6 cm³/mol. The molecule has 0 radical (unpaired) electrons. The van der Waals surface area contributed by atoms with E-state index in [1.165, 1.54) is 11.3 Å². The number of ether oxygens (including phenoxy) is 1. The lowest BCUT2D eigenvalue weighted by Crippen LogP contribution is -2.15. The average Bonchev–Trinajstić information content (AvgIpc) is 2.61. The molecule has 1 heterocycles. The van der Waals surface area contributed by atoms with Crippen LogP contribution < -0.4 is 0 Å². The first-order valence-electron chi connectivity index (χ1n) is 5.10. The van der Waals surface area contributed by atoms with Gasteiger partial charge in [-0.2, -0.15) is 0 Å². The van der Waals surface area contributed by atoms with Crippen molar-refractivity contribution in [1.82, 2.24) is 0 Å². The quantitative estimate of drug-likeness (QED) is 0.738. The molecule has 0 saturated heterocycles. The Bertz CT molecular complexity index is 322. The molecule has 0 saturated carbocycles. The van der Waals surface area contributed by atoms with Gasteiger partial charge in [-0.3, -0.25) is 4.79 Å². The maximum absolute atomic E-state index is 11.7. The fourth-order valence-electron chi connectivity index (χ4n) is 1.44. The second-order valence-electron chi connectivity index (χ2n) is 3.23. The summed E-state index contributed by atoms with van der Waals surface area (Å²) >= 11 is 7.54. The van der Waals surface area contributed by atoms with E-state index in [1.807, 2.05) is 25.3 Å². The van der Waals surface area contributed by atoms with Crippen LogP contribution in [0, 0.1) is 0 Å². The second kappa shape index (κ2) is 6.13. The number of thiophene rings is 1. The van der Waals surface area contributed by atoms with E-state index in [0.717, 1.165) is 17.7 Å². The van der Waals surface area contributed by atoms with Gasteiger partial charge in [-0.1, -0.05) is 24.9 Å². The highest BCUT2D eigenvalue weighted by Crippen LogP contribution is 2.33. The fraction of sp³-hybridized carbons (Fsp3) is 0.545. The van der Waals surface area contributed by atoms with Gasteiger partial charge in [-0.15, -0.1) is 11.3 Å². The predicted octanol–water partition coefficient (Wildman–Crippen LogP) is 3.85. The maximum Gasteiger partial charge on any atom is 0.314 e. The zero-order chi connectivity index (χ0) is 11.3. The number of esters is 1. The Morgan fingerprint density at radius 3 is 2.80 bits per heavy atom. The standard InChI is InChI=1S/C11H15ClO2S/c1-3-5-8(11(13)14-4-2)10-9(12)6-7-15-10/h6-8H,3-5H2,1-2H3. The van der Waals surface area contributed by atoms with E-state index < -0.39 is 0 Å². The minimum Gasteiger partial charge on any atom is -0.465 e. The molecule has 0 aromatic carbocycles. The monoisotopic (exact) mass is 246 g/mol. The summed E-state index contributed by atoms with van der Waals surface area (Å²) in [6.07, 6.45) is 1.73. The van der Waals surface area contributed by atoms with Crippen LogP contribution in [0.1, 0.15) is 37.5 Å². The molecule has 1 aromatic heterocycles. The van der Waals surface area contributed by atoms with Gasteiger partial charge in [-0.25, -0.2) is 0 Å². The Kier molecular flexibility index (Phi) is 5.12. The number of hydrogen-bond donors (Lipinski definition) is 0. The highest BCUT2D eigenvalue weighted by Gasteiger charge is 2.24. The Hall–Kier alpha value is -0.540. The first-order chi connectivity index (χ1) is 7.20. The molecule has 0 fully saturated rings. The van der Waals surface area contributed by atoms with Gasteiger partial charge in [0, 0.05) is 4.88 Å². The fourth-order valence-corrected chi connectivity index (χ4v) is 2.75. The zero-order valence-electron chi connectivity index (χ0n) is 8.96. The van der Waals surface area contributed by atoms with E-state index >= 15 is 0 Å². The number of carbonyl (C=O) groups is 1. The van der Waals surface area contributed by atoms with E-state index in [2.05, 4.69) is 0 Å². The summed E-state index contributed by atoms with van der Waals surface area (Å²) in [6.45, 7) is 4.28. The Balaban J connectivity index is 2.83. The topological polar surface area (TPSA) is 26.3 Å². The van der Waals surface area contributed by atoms with Gasteiger partial charge in [0.2, 0.25) is 0 Å². The summed E-state index contributed by atoms with van der Waals surface area (Å²) in [5.41, 5.74) is 0. The third kappa shape index (κ3) is 3.21. The molecule has 2 nitrogen and oxygen atoms in total. The summed E-state index contributed by atoms with van der Waals surface area (Å²) in [7, 11) is 0. The number of halogens is 1. The Morgan fingerprint density at radius 2 is 2.33 bits per heavy atom. The smallest absolute Gasteiger partial charge is 0.314 e. The highest BCUT2D eigenvalue weighted by atomic mass is 35.5. The van der Waals surface area contributed by atoms with Crippen LogP contribution in [0.15, 0.2) is 11.4 Å². The lowest BCUT2D eigenvalue weighted by Gasteiger charge is -2.13. The van der Waals surface area contributed by atoms with E-state index in [0.29, 0.717) is 11.6 Å². The summed E-state index contributed by atoms with van der Waals surface area (Å²) in [4.78, 5) is 12.6. The van der Waals surface area contributed by atoms with Crippen LogP contribution in [0.3, 0.4) is 0 Å². The van der Waals surface area contributed by atoms with Crippen molar-refractivity contribution in [2.75, 3.05) is 6.61 Å². The van der Waals surface area contributed by atoms with Crippen molar-refractivity contribution < 1.29 is 9.53 Å². The lowest BCUT2D eigenvalue weighted by molar-refractivity contribution is -0.145. The van der Waals surface area contributed by atoms with Crippen molar-refractivity contribution in [3.8, 4) is 0 Å². The van der Waals surface area contributed by atoms with Gasteiger partial charge in [0.05, 0.1) is 17.5 Å². The molecule has 0 aliphatic carbocycles. The number of carbonyl (C=O) groups excluding carboxylic acids is 1. The van der Waals surface area contributed by atoms with Crippen LogP contribution in [-0.2, 0) is 9.53 Å². The van der Waals surface area contributed by atoms with Crippen LogP contribution in [0.4, 0.5) is 0 Å². The minimum absolute atomic E-state index is 0.163. The minimum atomic E-state index is -0.192. The van der Waals surface area contributed by atoms with Crippen LogP contribution in [0.2, 0.25) is 5.02 Å². The maximum atomic E-state index is 11.7. The van der Waals surface area contributed by atoms with Crippen molar-refractivity contribution in [3.63, 3.8) is 0 Å². The van der Waals surface area contributed by atoms with Gasteiger partial charge >= 0.3 is 5.97 Å². The van der Waals surface area contributed by atoms with Crippen LogP contribution in [0.5, 0.6) is 0 Å². The SMILES string of the molecule is CCCC(C(=O)OCC)c1sccc1Cl. The zero-order valence-corrected chi connectivity index (χ0v) is 10.5. The molecule has 0 spiro atoms. The van der Waals surface area contributed by atoms with Crippen molar-refractivity contribution in [3.05, 3.63) is 21.3 Å². The van der Waals surface area contributed by atoms with Gasteiger partial charge in [-0.05, 0) is 24.8 Å². The van der Waals surface area contributed by atoms with Gasteiger partial charge in [0.15, 0.2) is 0 Å². The molecular weight excluding hydrogens is 232 g/mol. The Labute approximate surface area is 99.2 Å². The molecule has 1 unspecified atom stereocenters. The third-order valence-corrected chi connectivity index (χ3v) is 3.58. The highest BCUT2D eigenvalue weighted by molar-refractivity contribution is 7.10. The molecule has 0 amide bonds. The lowest BCUT2D eigenvalue weighted by atomic mass is 10.0. The van der Waals surface area contributed by atoms with E-state index in [-0.39, 0.29) is 11.9 Å². The molecule has 1 rings (SSSR count). The van der Waals surface area contributed by atoms with Crippen molar-refractivity contribution in [2.24, 2.45) is 0 Å². The van der Waals surface area contributed by atoms with Gasteiger partial charge in [0.1, 0.15) is 0 Å². The molecule has 0 aliphatic heterocycles. The molecule has 15 heavy (non-hydrogen) atoms. The Morgan fingerprint density at radius 1 is 1.60 bits per heavy atom. The molecule has 84 valence electrons. The van der Waals surface area contributed by atoms with Gasteiger partial charge < -0.3 is 4.74 Å². The summed E-state index contributed by atoms with van der Waals surface area (Å²) < 4.78 is 5.04. The molecule has 1 aromatic rings. The normalized spacial score (nSPS) is 12.5. The molecule has 0 N–H and O–H groups in total. The number of rotatable bonds is 5. The van der Waals surface area contributed by atoms with Crippen LogP contribution >= 0.6 is 22.9 Å². The summed E-state index contributed by atoms with van der Waals surface area (Å²) in [5.74, 6) is -0.355. The second-order valence-corrected chi connectivity index (χ2v) is 4.58. The summed E-state index contributed by atoms with van der Waals surface area (Å²) in [6, 6.07) is 1.82. The molecule has 0 aliphatic rings. The third-order valence-electron chi connectivity index (χ3n) is 2.11. The summed E-state index contributed by atoms with van der Waals surface area (Å²) in [5, 5.41) is 2.58. The van der Waals surface area contributed by atoms with Crippen molar-refractivity contribution >= 4 is 28.9 Å².